The van der Waals surface area contributed by atoms with Crippen LogP contribution in [-0.2, 0) is 6.54 Å². The molecule has 0 aliphatic heterocycles. The molecule has 0 aliphatic carbocycles. The lowest BCUT2D eigenvalue weighted by atomic mass is 10.1. The molecule has 98 valence electrons. The lowest BCUT2D eigenvalue weighted by Crippen LogP contribution is -2.18. The summed E-state index contributed by atoms with van der Waals surface area (Å²) in [7, 11) is 0. The van der Waals surface area contributed by atoms with Crippen LogP contribution in [0, 0.1) is 24.1 Å². The minimum Gasteiger partial charge on any atom is -0.465 e. The van der Waals surface area contributed by atoms with Crippen LogP contribution in [0.4, 0.5) is 4.39 Å². The molecule has 4 heteroatoms. The van der Waals surface area contributed by atoms with Crippen LogP contribution in [0.5, 0.6) is 0 Å². The van der Waals surface area contributed by atoms with Crippen molar-refractivity contribution in [2.24, 2.45) is 0 Å². The minimum atomic E-state index is -0.311. The van der Waals surface area contributed by atoms with Gasteiger partial charge in [-0.1, -0.05) is 0 Å². The van der Waals surface area contributed by atoms with E-state index in [0.717, 1.165) is 11.5 Å². The first-order valence-electron chi connectivity index (χ1n) is 6.08. The Morgan fingerprint density at radius 1 is 1.37 bits per heavy atom. The van der Waals surface area contributed by atoms with E-state index < -0.39 is 0 Å². The summed E-state index contributed by atoms with van der Waals surface area (Å²) >= 11 is 0. The summed E-state index contributed by atoms with van der Waals surface area (Å²) in [6.07, 6.45) is 0. The molecule has 2 aromatic rings. The monoisotopic (exact) mass is 258 g/mol. The minimum absolute atomic E-state index is 0.0150. The average Bonchev–Trinajstić information content (AvgIpc) is 2.84. The summed E-state index contributed by atoms with van der Waals surface area (Å²) in [5, 5.41) is 12.0. The third-order valence-electron chi connectivity index (χ3n) is 2.96. The molecule has 0 amide bonds. The molecular formula is C15H15FN2O. The number of benzene rings is 1. The summed E-state index contributed by atoms with van der Waals surface area (Å²) < 4.78 is 19.1. The number of halogens is 1. The van der Waals surface area contributed by atoms with Crippen molar-refractivity contribution in [2.45, 2.75) is 26.4 Å². The van der Waals surface area contributed by atoms with E-state index in [1.807, 2.05) is 32.0 Å². The second-order valence-corrected chi connectivity index (χ2v) is 4.47. The number of hydrogen-bond acceptors (Lipinski definition) is 3. The second kappa shape index (κ2) is 5.68. The third-order valence-corrected chi connectivity index (χ3v) is 2.96. The van der Waals surface area contributed by atoms with Crippen LogP contribution >= 0.6 is 0 Å². The fourth-order valence-electron chi connectivity index (χ4n) is 1.83. The molecule has 0 spiro atoms. The number of nitrogens with one attached hydrogen (secondary N) is 1. The van der Waals surface area contributed by atoms with Gasteiger partial charge in [0.25, 0.3) is 0 Å². The van der Waals surface area contributed by atoms with Gasteiger partial charge < -0.3 is 9.73 Å². The standard InChI is InChI=1S/C15H15FN2O/c1-10-3-6-15(19-10)11(2)18-9-13-7-12(8-17)4-5-14(13)16/h3-7,11,18H,9H2,1-2H3. The zero-order chi connectivity index (χ0) is 13.8. The lowest BCUT2D eigenvalue weighted by molar-refractivity contribution is 0.413. The van der Waals surface area contributed by atoms with E-state index in [1.54, 1.807) is 6.07 Å². The summed E-state index contributed by atoms with van der Waals surface area (Å²) in [6.45, 7) is 4.18. The third kappa shape index (κ3) is 3.21. The van der Waals surface area contributed by atoms with Gasteiger partial charge in [0.05, 0.1) is 17.7 Å². The van der Waals surface area contributed by atoms with Crippen molar-refractivity contribution in [1.82, 2.24) is 5.32 Å². The summed E-state index contributed by atoms with van der Waals surface area (Å²) in [4.78, 5) is 0. The van der Waals surface area contributed by atoms with Crippen molar-refractivity contribution in [1.29, 1.82) is 5.26 Å². The molecular weight excluding hydrogens is 243 g/mol. The Hall–Kier alpha value is -2.12. The van der Waals surface area contributed by atoms with E-state index in [2.05, 4.69) is 5.32 Å². The molecule has 2 rings (SSSR count). The SMILES string of the molecule is Cc1ccc(C(C)NCc2cc(C#N)ccc2F)o1. The Balaban J connectivity index is 2.04. The highest BCUT2D eigenvalue weighted by atomic mass is 19.1. The van der Waals surface area contributed by atoms with Crippen molar-refractivity contribution >= 4 is 0 Å². The molecule has 19 heavy (non-hydrogen) atoms. The smallest absolute Gasteiger partial charge is 0.127 e. The predicted molar refractivity (Wildman–Crippen MR) is 69.8 cm³/mol. The van der Waals surface area contributed by atoms with Gasteiger partial charge in [-0.25, -0.2) is 4.39 Å². The Kier molecular flexibility index (Phi) is 3.98. The Labute approximate surface area is 111 Å². The van der Waals surface area contributed by atoms with Crippen LogP contribution in [0.25, 0.3) is 0 Å². The highest BCUT2D eigenvalue weighted by molar-refractivity contribution is 5.33. The molecule has 1 unspecified atom stereocenters. The number of nitrogens with zero attached hydrogens (tertiary/aromatic N) is 1. The van der Waals surface area contributed by atoms with Gasteiger partial charge in [-0.2, -0.15) is 5.26 Å². The maximum atomic E-state index is 13.6. The van der Waals surface area contributed by atoms with E-state index in [-0.39, 0.29) is 11.9 Å². The van der Waals surface area contributed by atoms with Gasteiger partial charge in [-0.05, 0) is 44.2 Å². The number of nitriles is 1. The van der Waals surface area contributed by atoms with Crippen molar-refractivity contribution in [3.05, 3.63) is 58.8 Å². The summed E-state index contributed by atoms with van der Waals surface area (Å²) in [5.74, 6) is 1.35. The molecule has 0 fully saturated rings. The number of rotatable bonds is 4. The van der Waals surface area contributed by atoms with Gasteiger partial charge in [0, 0.05) is 12.1 Å². The zero-order valence-corrected chi connectivity index (χ0v) is 10.9. The van der Waals surface area contributed by atoms with Gasteiger partial charge in [0.1, 0.15) is 17.3 Å². The number of aryl methyl sites for hydroxylation is 1. The van der Waals surface area contributed by atoms with Gasteiger partial charge in [-0.15, -0.1) is 0 Å². The zero-order valence-electron chi connectivity index (χ0n) is 10.9. The largest absolute Gasteiger partial charge is 0.465 e. The predicted octanol–water partition coefficient (Wildman–Crippen LogP) is 3.45. The number of furan rings is 1. The maximum Gasteiger partial charge on any atom is 0.127 e. The quantitative estimate of drug-likeness (QED) is 0.913. The average molecular weight is 258 g/mol. The van der Waals surface area contributed by atoms with Crippen molar-refractivity contribution in [2.75, 3.05) is 0 Å². The van der Waals surface area contributed by atoms with E-state index in [4.69, 9.17) is 9.68 Å². The van der Waals surface area contributed by atoms with Crippen LogP contribution < -0.4 is 5.32 Å². The first kappa shape index (κ1) is 13.3. The normalized spacial score (nSPS) is 12.1. The number of hydrogen-bond donors (Lipinski definition) is 1. The van der Waals surface area contributed by atoms with Crippen LogP contribution in [0.15, 0.2) is 34.7 Å². The summed E-state index contributed by atoms with van der Waals surface area (Å²) in [5.41, 5.74) is 0.939. The molecule has 1 aromatic carbocycles. The van der Waals surface area contributed by atoms with Gasteiger partial charge in [0.15, 0.2) is 0 Å². The van der Waals surface area contributed by atoms with E-state index >= 15 is 0 Å². The molecule has 0 radical (unpaired) electrons. The Morgan fingerprint density at radius 3 is 2.79 bits per heavy atom. The van der Waals surface area contributed by atoms with Crippen LogP contribution in [-0.4, -0.2) is 0 Å². The molecule has 3 nitrogen and oxygen atoms in total. The van der Waals surface area contributed by atoms with Crippen molar-refractivity contribution < 1.29 is 8.81 Å². The fourth-order valence-corrected chi connectivity index (χ4v) is 1.83. The highest BCUT2D eigenvalue weighted by Crippen LogP contribution is 2.17. The molecule has 1 atom stereocenters. The second-order valence-electron chi connectivity index (χ2n) is 4.47. The lowest BCUT2D eigenvalue weighted by Gasteiger charge is -2.12. The maximum absolute atomic E-state index is 13.6. The van der Waals surface area contributed by atoms with E-state index in [1.165, 1.54) is 12.1 Å². The molecule has 0 bridgehead atoms. The molecule has 1 aromatic heterocycles. The van der Waals surface area contributed by atoms with Crippen LogP contribution in [0.1, 0.15) is 35.6 Å². The van der Waals surface area contributed by atoms with E-state index in [9.17, 15) is 4.39 Å². The van der Waals surface area contributed by atoms with Crippen LogP contribution in [0.2, 0.25) is 0 Å². The molecule has 0 aliphatic rings. The van der Waals surface area contributed by atoms with E-state index in [0.29, 0.717) is 17.7 Å². The van der Waals surface area contributed by atoms with Gasteiger partial charge >= 0.3 is 0 Å². The van der Waals surface area contributed by atoms with Crippen LogP contribution in [0.3, 0.4) is 0 Å². The van der Waals surface area contributed by atoms with Crippen molar-refractivity contribution in [3.63, 3.8) is 0 Å². The Bertz CT molecular complexity index is 613. The topological polar surface area (TPSA) is 49.0 Å². The highest BCUT2D eigenvalue weighted by Gasteiger charge is 2.10. The van der Waals surface area contributed by atoms with Crippen molar-refractivity contribution in [3.8, 4) is 6.07 Å². The summed E-state index contributed by atoms with van der Waals surface area (Å²) in [6, 6.07) is 10.1. The first-order valence-corrected chi connectivity index (χ1v) is 6.08. The first-order chi connectivity index (χ1) is 9.10. The Morgan fingerprint density at radius 2 is 2.16 bits per heavy atom. The van der Waals surface area contributed by atoms with Gasteiger partial charge in [0.2, 0.25) is 0 Å². The molecule has 0 saturated heterocycles. The molecule has 0 saturated carbocycles. The fraction of sp³-hybridized carbons (Fsp3) is 0.267. The molecule has 1 N–H and O–H groups in total. The molecule has 1 heterocycles. The van der Waals surface area contributed by atoms with Gasteiger partial charge in [-0.3, -0.25) is 0 Å².